The van der Waals surface area contributed by atoms with E-state index >= 15 is 0 Å². The summed E-state index contributed by atoms with van der Waals surface area (Å²) < 4.78 is 18.0. The number of rotatable bonds is 3. The molecule has 0 radical (unpaired) electrons. The molecule has 0 heterocycles. The van der Waals surface area contributed by atoms with Crippen LogP contribution in [0.15, 0.2) is 18.2 Å². The Kier molecular flexibility index (Phi) is 3.39. The maximum atomic E-state index is 13.1. The van der Waals surface area contributed by atoms with Gasteiger partial charge in [0.05, 0.1) is 6.61 Å². The van der Waals surface area contributed by atoms with Crippen LogP contribution in [-0.4, -0.2) is 7.11 Å². The monoisotopic (exact) mass is 183 g/mol. The third kappa shape index (κ3) is 2.50. The zero-order chi connectivity index (χ0) is 9.84. The lowest BCUT2D eigenvalue weighted by atomic mass is 10.1. The molecule has 3 heteroatoms. The summed E-state index contributed by atoms with van der Waals surface area (Å²) in [7, 11) is 1.54. The third-order valence-electron chi connectivity index (χ3n) is 1.90. The molecule has 13 heavy (non-hydrogen) atoms. The van der Waals surface area contributed by atoms with Gasteiger partial charge < -0.3 is 10.5 Å². The summed E-state index contributed by atoms with van der Waals surface area (Å²) >= 11 is 0. The van der Waals surface area contributed by atoms with Crippen molar-refractivity contribution in [2.24, 2.45) is 5.73 Å². The second kappa shape index (κ2) is 4.35. The van der Waals surface area contributed by atoms with E-state index in [4.69, 9.17) is 10.5 Å². The van der Waals surface area contributed by atoms with Gasteiger partial charge in [-0.2, -0.15) is 0 Å². The lowest BCUT2D eigenvalue weighted by Gasteiger charge is -2.08. The van der Waals surface area contributed by atoms with Crippen molar-refractivity contribution in [1.82, 2.24) is 0 Å². The van der Waals surface area contributed by atoms with Crippen LogP contribution in [0.2, 0.25) is 0 Å². The minimum atomic E-state index is -0.244. The highest BCUT2D eigenvalue weighted by Crippen LogP contribution is 2.15. The number of methoxy groups -OCH3 is 1. The van der Waals surface area contributed by atoms with Gasteiger partial charge in [-0.25, -0.2) is 4.39 Å². The molecule has 0 bridgehead atoms. The van der Waals surface area contributed by atoms with Crippen molar-refractivity contribution in [3.63, 3.8) is 0 Å². The van der Waals surface area contributed by atoms with Gasteiger partial charge >= 0.3 is 0 Å². The molecule has 1 aromatic rings. The maximum absolute atomic E-state index is 13.1. The largest absolute Gasteiger partial charge is 0.380 e. The summed E-state index contributed by atoms with van der Waals surface area (Å²) in [4.78, 5) is 0. The van der Waals surface area contributed by atoms with Gasteiger partial charge in [-0.05, 0) is 24.6 Å². The predicted octanol–water partition coefficient (Wildman–Crippen LogP) is 1.99. The van der Waals surface area contributed by atoms with Crippen molar-refractivity contribution in [2.75, 3.05) is 7.11 Å². The Bertz CT molecular complexity index is 286. The van der Waals surface area contributed by atoms with Crippen LogP contribution in [0.5, 0.6) is 0 Å². The van der Waals surface area contributed by atoms with Crippen LogP contribution >= 0.6 is 0 Å². The highest BCUT2D eigenvalue weighted by molar-refractivity contribution is 5.26. The van der Waals surface area contributed by atoms with E-state index in [9.17, 15) is 4.39 Å². The zero-order valence-electron chi connectivity index (χ0n) is 7.88. The van der Waals surface area contributed by atoms with Crippen LogP contribution in [0, 0.1) is 5.82 Å². The van der Waals surface area contributed by atoms with E-state index in [2.05, 4.69) is 0 Å². The molecule has 2 N–H and O–H groups in total. The first kappa shape index (κ1) is 10.2. The van der Waals surface area contributed by atoms with Gasteiger partial charge in [0.1, 0.15) is 5.82 Å². The fraction of sp³-hybridized carbons (Fsp3) is 0.400. The van der Waals surface area contributed by atoms with Crippen LogP contribution in [0.4, 0.5) is 4.39 Å². The molecule has 0 aromatic heterocycles. The van der Waals surface area contributed by atoms with Crippen molar-refractivity contribution in [3.8, 4) is 0 Å². The number of halogens is 1. The molecule has 2 nitrogen and oxygen atoms in total. The van der Waals surface area contributed by atoms with Gasteiger partial charge in [-0.1, -0.05) is 6.07 Å². The molecular formula is C10H14FNO. The van der Waals surface area contributed by atoms with Crippen molar-refractivity contribution in [1.29, 1.82) is 0 Å². The normalized spacial score (nSPS) is 12.9. The number of ether oxygens (including phenoxy) is 1. The molecule has 0 aliphatic heterocycles. The van der Waals surface area contributed by atoms with Gasteiger partial charge in [-0.3, -0.25) is 0 Å². The summed E-state index contributed by atoms with van der Waals surface area (Å²) in [6.45, 7) is 2.15. The Morgan fingerprint density at radius 1 is 1.54 bits per heavy atom. The van der Waals surface area contributed by atoms with Crippen LogP contribution in [0.25, 0.3) is 0 Å². The molecule has 0 aliphatic rings. The molecule has 1 unspecified atom stereocenters. The average Bonchev–Trinajstić information content (AvgIpc) is 2.08. The molecular weight excluding hydrogens is 169 g/mol. The summed E-state index contributed by atoms with van der Waals surface area (Å²) in [5.41, 5.74) is 7.14. The average molecular weight is 183 g/mol. The van der Waals surface area contributed by atoms with E-state index in [1.807, 2.05) is 6.92 Å². The third-order valence-corrected chi connectivity index (χ3v) is 1.90. The van der Waals surface area contributed by atoms with Gasteiger partial charge in [0, 0.05) is 18.7 Å². The fourth-order valence-corrected chi connectivity index (χ4v) is 1.14. The van der Waals surface area contributed by atoms with Crippen LogP contribution in [0.1, 0.15) is 24.1 Å². The Morgan fingerprint density at radius 3 is 2.77 bits per heavy atom. The van der Waals surface area contributed by atoms with Gasteiger partial charge in [0.15, 0.2) is 0 Å². The van der Waals surface area contributed by atoms with E-state index in [1.165, 1.54) is 13.2 Å². The van der Waals surface area contributed by atoms with E-state index in [0.29, 0.717) is 5.56 Å². The molecule has 1 aromatic carbocycles. The lowest BCUT2D eigenvalue weighted by Crippen LogP contribution is -2.06. The second-order valence-electron chi connectivity index (χ2n) is 3.07. The lowest BCUT2D eigenvalue weighted by molar-refractivity contribution is 0.181. The first-order valence-corrected chi connectivity index (χ1v) is 4.18. The molecule has 0 aliphatic carbocycles. The zero-order valence-corrected chi connectivity index (χ0v) is 7.88. The Hall–Kier alpha value is -0.930. The Labute approximate surface area is 77.5 Å². The molecule has 0 amide bonds. The fourth-order valence-electron chi connectivity index (χ4n) is 1.14. The van der Waals surface area contributed by atoms with Gasteiger partial charge in [0.25, 0.3) is 0 Å². The van der Waals surface area contributed by atoms with E-state index in [-0.39, 0.29) is 18.5 Å². The summed E-state index contributed by atoms with van der Waals surface area (Å²) in [5, 5.41) is 0. The van der Waals surface area contributed by atoms with Crippen LogP contribution < -0.4 is 5.73 Å². The van der Waals surface area contributed by atoms with Crippen molar-refractivity contribution < 1.29 is 9.13 Å². The Balaban J connectivity index is 2.97. The first-order valence-electron chi connectivity index (χ1n) is 4.18. The smallest absolute Gasteiger partial charge is 0.128 e. The minimum absolute atomic E-state index is 0.0730. The van der Waals surface area contributed by atoms with Crippen molar-refractivity contribution in [3.05, 3.63) is 35.1 Å². The summed E-state index contributed by atoms with van der Waals surface area (Å²) in [5.74, 6) is -0.244. The number of benzene rings is 1. The topological polar surface area (TPSA) is 35.2 Å². The molecule has 72 valence electrons. The summed E-state index contributed by atoms with van der Waals surface area (Å²) in [6.07, 6.45) is 0. The molecule has 1 atom stereocenters. The standard InChI is InChI=1S/C10H14FNO/c1-7(12)8-3-4-10(11)9(5-8)6-13-2/h3-5,7H,6,12H2,1-2H3. The highest BCUT2D eigenvalue weighted by atomic mass is 19.1. The van der Waals surface area contributed by atoms with Crippen LogP contribution in [0.3, 0.4) is 0 Å². The van der Waals surface area contributed by atoms with E-state index in [0.717, 1.165) is 5.56 Å². The molecule has 0 fully saturated rings. The quantitative estimate of drug-likeness (QED) is 0.777. The first-order chi connectivity index (χ1) is 6.15. The Morgan fingerprint density at radius 2 is 2.23 bits per heavy atom. The number of hydrogen-bond donors (Lipinski definition) is 1. The van der Waals surface area contributed by atoms with E-state index in [1.54, 1.807) is 12.1 Å². The van der Waals surface area contributed by atoms with Gasteiger partial charge in [-0.15, -0.1) is 0 Å². The molecule has 0 saturated carbocycles. The van der Waals surface area contributed by atoms with Crippen molar-refractivity contribution in [2.45, 2.75) is 19.6 Å². The highest BCUT2D eigenvalue weighted by Gasteiger charge is 2.05. The van der Waals surface area contributed by atoms with Crippen molar-refractivity contribution >= 4 is 0 Å². The molecule has 1 rings (SSSR count). The molecule has 0 saturated heterocycles. The van der Waals surface area contributed by atoms with Crippen LogP contribution in [-0.2, 0) is 11.3 Å². The SMILES string of the molecule is COCc1cc(C(C)N)ccc1F. The second-order valence-corrected chi connectivity index (χ2v) is 3.07. The van der Waals surface area contributed by atoms with Gasteiger partial charge in [0.2, 0.25) is 0 Å². The van der Waals surface area contributed by atoms with E-state index < -0.39 is 0 Å². The predicted molar refractivity (Wildman–Crippen MR) is 49.7 cm³/mol. The maximum Gasteiger partial charge on any atom is 0.128 e. The summed E-state index contributed by atoms with van der Waals surface area (Å²) in [6, 6.07) is 4.78. The minimum Gasteiger partial charge on any atom is -0.380 e. The number of nitrogens with two attached hydrogens (primary N) is 1. The number of hydrogen-bond acceptors (Lipinski definition) is 2. The molecule has 0 spiro atoms.